The van der Waals surface area contributed by atoms with Crippen molar-refractivity contribution in [2.24, 2.45) is 0 Å². The van der Waals surface area contributed by atoms with Gasteiger partial charge in [0.2, 0.25) is 0 Å². The predicted molar refractivity (Wildman–Crippen MR) is 53.2 cm³/mol. The number of aromatic nitrogens is 3. The summed E-state index contributed by atoms with van der Waals surface area (Å²) in [6.07, 6.45) is 4.87. The molecular formula is C10H9N3O2. The van der Waals surface area contributed by atoms with Gasteiger partial charge in [-0.05, 0) is 12.1 Å². The standard InChI is InChI=1S/C10H9N3O2/c14-10(15)5-9-12-6-8(13-9)7-1-3-11-4-2-7/h1-4,6H,5H2,(H,12,13)(H,14,15). The number of hydrogen-bond donors (Lipinski definition) is 2. The van der Waals surface area contributed by atoms with Crippen molar-refractivity contribution in [1.29, 1.82) is 0 Å². The van der Waals surface area contributed by atoms with Crippen molar-refractivity contribution in [3.05, 3.63) is 36.5 Å². The van der Waals surface area contributed by atoms with Crippen molar-refractivity contribution < 1.29 is 9.90 Å². The van der Waals surface area contributed by atoms with Crippen molar-refractivity contribution in [2.75, 3.05) is 0 Å². The lowest BCUT2D eigenvalue weighted by atomic mass is 10.2. The van der Waals surface area contributed by atoms with Crippen LogP contribution in [0.25, 0.3) is 11.3 Å². The van der Waals surface area contributed by atoms with Crippen LogP contribution >= 0.6 is 0 Å². The van der Waals surface area contributed by atoms with E-state index in [2.05, 4.69) is 15.0 Å². The van der Waals surface area contributed by atoms with Crippen LogP contribution in [0, 0.1) is 0 Å². The first-order valence-electron chi connectivity index (χ1n) is 4.42. The highest BCUT2D eigenvalue weighted by molar-refractivity contribution is 5.69. The molecule has 2 rings (SSSR count). The van der Waals surface area contributed by atoms with Crippen LogP contribution in [0.1, 0.15) is 5.82 Å². The molecule has 0 fully saturated rings. The number of carbonyl (C=O) groups is 1. The summed E-state index contributed by atoms with van der Waals surface area (Å²) in [7, 11) is 0. The average molecular weight is 203 g/mol. The molecule has 0 spiro atoms. The Balaban J connectivity index is 2.24. The average Bonchev–Trinajstić information content (AvgIpc) is 2.67. The minimum Gasteiger partial charge on any atom is -0.481 e. The van der Waals surface area contributed by atoms with Gasteiger partial charge in [0.05, 0.1) is 11.9 Å². The van der Waals surface area contributed by atoms with Gasteiger partial charge >= 0.3 is 5.97 Å². The molecule has 0 aromatic carbocycles. The molecule has 0 saturated carbocycles. The van der Waals surface area contributed by atoms with E-state index in [0.29, 0.717) is 5.82 Å². The number of aromatic amines is 1. The summed E-state index contributed by atoms with van der Waals surface area (Å²) in [5.41, 5.74) is 1.74. The van der Waals surface area contributed by atoms with E-state index in [-0.39, 0.29) is 6.42 Å². The summed E-state index contributed by atoms with van der Waals surface area (Å²) in [6.45, 7) is 0. The number of H-pyrrole nitrogens is 1. The Morgan fingerprint density at radius 3 is 2.80 bits per heavy atom. The number of carboxylic acid groups (broad SMARTS) is 1. The van der Waals surface area contributed by atoms with Crippen LogP contribution in [-0.4, -0.2) is 26.0 Å². The van der Waals surface area contributed by atoms with Gasteiger partial charge in [-0.15, -0.1) is 0 Å². The normalized spacial score (nSPS) is 10.1. The summed E-state index contributed by atoms with van der Waals surface area (Å²) in [4.78, 5) is 21.3. The van der Waals surface area contributed by atoms with E-state index in [1.54, 1.807) is 18.6 Å². The Morgan fingerprint density at radius 2 is 2.13 bits per heavy atom. The molecule has 2 aromatic rings. The second-order valence-corrected chi connectivity index (χ2v) is 3.05. The largest absolute Gasteiger partial charge is 0.481 e. The fourth-order valence-corrected chi connectivity index (χ4v) is 1.27. The number of pyridine rings is 1. The van der Waals surface area contributed by atoms with E-state index in [1.807, 2.05) is 12.1 Å². The molecule has 2 heterocycles. The van der Waals surface area contributed by atoms with Crippen LogP contribution in [0.15, 0.2) is 30.7 Å². The Labute approximate surface area is 85.8 Å². The van der Waals surface area contributed by atoms with Gasteiger partial charge < -0.3 is 10.1 Å². The number of hydrogen-bond acceptors (Lipinski definition) is 3. The Bertz CT molecular complexity index is 465. The quantitative estimate of drug-likeness (QED) is 0.782. The minimum atomic E-state index is -0.898. The molecule has 2 N–H and O–H groups in total. The Hall–Kier alpha value is -2.17. The van der Waals surface area contributed by atoms with E-state index in [9.17, 15) is 4.79 Å². The maximum Gasteiger partial charge on any atom is 0.311 e. The summed E-state index contributed by atoms with van der Waals surface area (Å²) < 4.78 is 0. The van der Waals surface area contributed by atoms with Crippen LogP contribution < -0.4 is 0 Å². The molecule has 0 bridgehead atoms. The third kappa shape index (κ3) is 2.19. The number of nitrogens with zero attached hydrogens (tertiary/aromatic N) is 2. The fraction of sp³-hybridized carbons (Fsp3) is 0.100. The molecule has 15 heavy (non-hydrogen) atoms. The minimum absolute atomic E-state index is 0.0922. The SMILES string of the molecule is O=C(O)Cc1ncc(-c2ccncc2)[nH]1. The molecule has 5 nitrogen and oxygen atoms in total. The van der Waals surface area contributed by atoms with Crippen molar-refractivity contribution >= 4 is 5.97 Å². The predicted octanol–water partition coefficient (Wildman–Crippen LogP) is 1.10. The van der Waals surface area contributed by atoms with Crippen LogP contribution in [0.4, 0.5) is 0 Å². The van der Waals surface area contributed by atoms with Crippen molar-refractivity contribution in [3.8, 4) is 11.3 Å². The van der Waals surface area contributed by atoms with E-state index in [0.717, 1.165) is 11.3 Å². The molecule has 0 unspecified atom stereocenters. The van der Waals surface area contributed by atoms with Crippen LogP contribution in [-0.2, 0) is 11.2 Å². The number of rotatable bonds is 3. The first-order valence-corrected chi connectivity index (χ1v) is 4.42. The van der Waals surface area contributed by atoms with Gasteiger partial charge in [0.15, 0.2) is 0 Å². The van der Waals surface area contributed by atoms with Crippen molar-refractivity contribution in [1.82, 2.24) is 15.0 Å². The van der Waals surface area contributed by atoms with Crippen LogP contribution in [0.3, 0.4) is 0 Å². The number of aliphatic carboxylic acids is 1. The van der Waals surface area contributed by atoms with Gasteiger partial charge in [0.1, 0.15) is 12.2 Å². The summed E-state index contributed by atoms with van der Waals surface area (Å²) in [5.74, 6) is -0.444. The summed E-state index contributed by atoms with van der Waals surface area (Å²) >= 11 is 0. The molecule has 0 aliphatic heterocycles. The first kappa shape index (κ1) is 9.39. The van der Waals surface area contributed by atoms with Crippen molar-refractivity contribution in [2.45, 2.75) is 6.42 Å². The van der Waals surface area contributed by atoms with Gasteiger partial charge in [0.25, 0.3) is 0 Å². The topological polar surface area (TPSA) is 78.9 Å². The molecule has 2 aromatic heterocycles. The fourth-order valence-electron chi connectivity index (χ4n) is 1.27. The molecular weight excluding hydrogens is 194 g/mol. The monoisotopic (exact) mass is 203 g/mol. The van der Waals surface area contributed by atoms with E-state index < -0.39 is 5.97 Å². The van der Waals surface area contributed by atoms with Crippen molar-refractivity contribution in [3.63, 3.8) is 0 Å². The van der Waals surface area contributed by atoms with E-state index in [1.165, 1.54) is 0 Å². The van der Waals surface area contributed by atoms with Gasteiger partial charge in [-0.1, -0.05) is 0 Å². The van der Waals surface area contributed by atoms with E-state index >= 15 is 0 Å². The zero-order chi connectivity index (χ0) is 10.7. The third-order valence-corrected chi connectivity index (χ3v) is 1.94. The maximum absolute atomic E-state index is 10.4. The Morgan fingerprint density at radius 1 is 1.40 bits per heavy atom. The number of nitrogens with one attached hydrogen (secondary N) is 1. The van der Waals surface area contributed by atoms with Gasteiger partial charge in [-0.25, -0.2) is 4.98 Å². The summed E-state index contributed by atoms with van der Waals surface area (Å²) in [6, 6.07) is 3.66. The zero-order valence-corrected chi connectivity index (χ0v) is 7.84. The van der Waals surface area contributed by atoms with Gasteiger partial charge in [-0.3, -0.25) is 9.78 Å². The zero-order valence-electron chi connectivity index (χ0n) is 7.84. The lowest BCUT2D eigenvalue weighted by Gasteiger charge is -1.94. The maximum atomic E-state index is 10.4. The molecule has 0 aliphatic rings. The van der Waals surface area contributed by atoms with Gasteiger partial charge in [-0.2, -0.15) is 0 Å². The highest BCUT2D eigenvalue weighted by Gasteiger charge is 2.05. The molecule has 0 aliphatic carbocycles. The number of carboxylic acids is 1. The first-order chi connectivity index (χ1) is 7.25. The molecule has 5 heteroatoms. The molecule has 0 atom stereocenters. The highest BCUT2D eigenvalue weighted by Crippen LogP contribution is 2.15. The van der Waals surface area contributed by atoms with Gasteiger partial charge in [0, 0.05) is 18.0 Å². The lowest BCUT2D eigenvalue weighted by molar-refractivity contribution is -0.136. The molecule has 76 valence electrons. The smallest absolute Gasteiger partial charge is 0.311 e. The lowest BCUT2D eigenvalue weighted by Crippen LogP contribution is -2.01. The third-order valence-electron chi connectivity index (χ3n) is 1.94. The van der Waals surface area contributed by atoms with Crippen LogP contribution in [0.5, 0.6) is 0 Å². The van der Waals surface area contributed by atoms with E-state index in [4.69, 9.17) is 5.11 Å². The molecule has 0 amide bonds. The molecule has 0 radical (unpaired) electrons. The second kappa shape index (κ2) is 3.91. The Kier molecular flexibility index (Phi) is 2.45. The number of imidazole rings is 1. The van der Waals surface area contributed by atoms with Crippen LogP contribution in [0.2, 0.25) is 0 Å². The molecule has 0 saturated heterocycles. The summed E-state index contributed by atoms with van der Waals surface area (Å²) in [5, 5.41) is 8.58. The highest BCUT2D eigenvalue weighted by atomic mass is 16.4. The second-order valence-electron chi connectivity index (χ2n) is 3.05.